The molecule has 20 heavy (non-hydrogen) atoms. The molecule has 5 heteroatoms. The zero-order valence-corrected chi connectivity index (χ0v) is 12.9. The van der Waals surface area contributed by atoms with Gasteiger partial charge >= 0.3 is 5.97 Å². The van der Waals surface area contributed by atoms with E-state index in [1.807, 2.05) is 20.8 Å². The monoisotopic (exact) mass is 284 g/mol. The van der Waals surface area contributed by atoms with Crippen molar-refractivity contribution in [3.63, 3.8) is 0 Å². The molecule has 0 radical (unpaired) electrons. The SMILES string of the molecule is CC(C)(C)NCCC(=O)NCC1(C(=O)O)CCCCC1. The predicted octanol–water partition coefficient (Wildman–Crippen LogP) is 1.92. The van der Waals surface area contributed by atoms with Crippen molar-refractivity contribution in [2.45, 2.75) is 64.8 Å². The van der Waals surface area contributed by atoms with Gasteiger partial charge < -0.3 is 15.7 Å². The van der Waals surface area contributed by atoms with Crippen LogP contribution < -0.4 is 10.6 Å². The van der Waals surface area contributed by atoms with E-state index in [0.29, 0.717) is 25.8 Å². The van der Waals surface area contributed by atoms with Crippen LogP contribution in [0.1, 0.15) is 59.3 Å². The van der Waals surface area contributed by atoms with Crippen molar-refractivity contribution in [3.05, 3.63) is 0 Å². The summed E-state index contributed by atoms with van der Waals surface area (Å²) in [6.45, 7) is 7.01. The molecule has 0 atom stereocenters. The highest BCUT2D eigenvalue weighted by Gasteiger charge is 2.39. The number of carbonyl (C=O) groups is 2. The highest BCUT2D eigenvalue weighted by atomic mass is 16.4. The largest absolute Gasteiger partial charge is 0.481 e. The third-order valence-corrected chi connectivity index (χ3v) is 3.90. The lowest BCUT2D eigenvalue weighted by molar-refractivity contribution is -0.151. The molecule has 0 saturated heterocycles. The van der Waals surface area contributed by atoms with Gasteiger partial charge in [-0.25, -0.2) is 0 Å². The first kappa shape index (κ1) is 17.0. The van der Waals surface area contributed by atoms with E-state index in [9.17, 15) is 14.7 Å². The van der Waals surface area contributed by atoms with Gasteiger partial charge in [-0.05, 0) is 33.6 Å². The van der Waals surface area contributed by atoms with Gasteiger partial charge in [0.15, 0.2) is 0 Å². The Hall–Kier alpha value is -1.10. The Morgan fingerprint density at radius 2 is 1.75 bits per heavy atom. The molecule has 0 aliphatic heterocycles. The van der Waals surface area contributed by atoms with E-state index < -0.39 is 11.4 Å². The van der Waals surface area contributed by atoms with Crippen LogP contribution in [0.3, 0.4) is 0 Å². The lowest BCUT2D eigenvalue weighted by atomic mass is 9.74. The molecular weight excluding hydrogens is 256 g/mol. The standard InChI is InChI=1S/C15H28N2O3/c1-14(2,3)17-10-7-12(18)16-11-15(13(19)20)8-5-4-6-9-15/h17H,4-11H2,1-3H3,(H,16,18)(H,19,20). The number of carboxylic acids is 1. The average molecular weight is 284 g/mol. The Balaban J connectivity index is 2.36. The molecule has 0 heterocycles. The first-order valence-corrected chi connectivity index (χ1v) is 7.50. The van der Waals surface area contributed by atoms with Crippen LogP contribution in [0.15, 0.2) is 0 Å². The van der Waals surface area contributed by atoms with E-state index in [4.69, 9.17) is 0 Å². The zero-order chi connectivity index (χ0) is 15.2. The fourth-order valence-electron chi connectivity index (χ4n) is 2.60. The second-order valence-corrected chi connectivity index (χ2v) is 6.85. The molecule has 1 aliphatic rings. The van der Waals surface area contributed by atoms with Crippen molar-refractivity contribution in [2.24, 2.45) is 5.41 Å². The summed E-state index contributed by atoms with van der Waals surface area (Å²) in [7, 11) is 0. The summed E-state index contributed by atoms with van der Waals surface area (Å²) in [6, 6.07) is 0. The Morgan fingerprint density at radius 1 is 1.15 bits per heavy atom. The van der Waals surface area contributed by atoms with Gasteiger partial charge in [-0.15, -0.1) is 0 Å². The third-order valence-electron chi connectivity index (χ3n) is 3.90. The maximum Gasteiger partial charge on any atom is 0.311 e. The van der Waals surface area contributed by atoms with Crippen LogP contribution in [-0.4, -0.2) is 35.6 Å². The predicted molar refractivity (Wildman–Crippen MR) is 78.5 cm³/mol. The molecule has 0 unspecified atom stereocenters. The molecule has 1 saturated carbocycles. The highest BCUT2D eigenvalue weighted by Crippen LogP contribution is 2.35. The topological polar surface area (TPSA) is 78.4 Å². The van der Waals surface area contributed by atoms with Crippen LogP contribution in [-0.2, 0) is 9.59 Å². The van der Waals surface area contributed by atoms with Crippen molar-refractivity contribution in [2.75, 3.05) is 13.1 Å². The quantitative estimate of drug-likeness (QED) is 0.696. The average Bonchev–Trinajstić information content (AvgIpc) is 2.36. The number of carboxylic acid groups (broad SMARTS) is 1. The van der Waals surface area contributed by atoms with Crippen molar-refractivity contribution >= 4 is 11.9 Å². The molecule has 1 amide bonds. The Labute approximate surface area is 121 Å². The first-order valence-electron chi connectivity index (χ1n) is 7.50. The minimum absolute atomic E-state index is 0.00800. The number of nitrogens with one attached hydrogen (secondary N) is 2. The zero-order valence-electron chi connectivity index (χ0n) is 12.9. The number of rotatable bonds is 6. The summed E-state index contributed by atoms with van der Waals surface area (Å²) in [5.41, 5.74) is -0.753. The molecular formula is C15H28N2O3. The van der Waals surface area contributed by atoms with Crippen molar-refractivity contribution in [3.8, 4) is 0 Å². The molecule has 0 spiro atoms. The van der Waals surface area contributed by atoms with Crippen LogP contribution >= 0.6 is 0 Å². The summed E-state index contributed by atoms with van der Waals surface area (Å²) < 4.78 is 0. The van der Waals surface area contributed by atoms with Gasteiger partial charge in [0.1, 0.15) is 0 Å². The molecule has 0 aromatic rings. The van der Waals surface area contributed by atoms with E-state index in [0.717, 1.165) is 19.3 Å². The van der Waals surface area contributed by atoms with Gasteiger partial charge in [-0.2, -0.15) is 0 Å². The maximum atomic E-state index is 11.8. The van der Waals surface area contributed by atoms with Crippen molar-refractivity contribution in [1.82, 2.24) is 10.6 Å². The minimum Gasteiger partial charge on any atom is -0.481 e. The molecule has 1 fully saturated rings. The second-order valence-electron chi connectivity index (χ2n) is 6.85. The van der Waals surface area contributed by atoms with Crippen molar-refractivity contribution < 1.29 is 14.7 Å². The van der Waals surface area contributed by atoms with Gasteiger partial charge in [0, 0.05) is 25.0 Å². The maximum absolute atomic E-state index is 11.8. The fraction of sp³-hybridized carbons (Fsp3) is 0.867. The molecule has 1 aliphatic carbocycles. The lowest BCUT2D eigenvalue weighted by Crippen LogP contribution is -2.45. The Bertz CT molecular complexity index is 342. The molecule has 3 N–H and O–H groups in total. The molecule has 116 valence electrons. The number of amides is 1. The lowest BCUT2D eigenvalue weighted by Gasteiger charge is -2.33. The molecule has 0 aromatic carbocycles. The van der Waals surface area contributed by atoms with Crippen molar-refractivity contribution in [1.29, 1.82) is 0 Å². The van der Waals surface area contributed by atoms with Gasteiger partial charge in [0.05, 0.1) is 5.41 Å². The molecule has 0 bridgehead atoms. The van der Waals surface area contributed by atoms with E-state index in [-0.39, 0.29) is 18.0 Å². The van der Waals surface area contributed by atoms with Crippen LogP contribution in [0, 0.1) is 5.41 Å². The number of carbonyl (C=O) groups excluding carboxylic acids is 1. The number of aliphatic carboxylic acids is 1. The summed E-state index contributed by atoms with van der Waals surface area (Å²) >= 11 is 0. The number of hydrogen-bond donors (Lipinski definition) is 3. The van der Waals surface area contributed by atoms with E-state index in [1.54, 1.807) is 0 Å². The minimum atomic E-state index is -0.773. The summed E-state index contributed by atoms with van der Waals surface area (Å²) in [5.74, 6) is -0.849. The molecule has 1 rings (SSSR count). The summed E-state index contributed by atoms with van der Waals surface area (Å²) in [4.78, 5) is 23.3. The summed E-state index contributed by atoms with van der Waals surface area (Å²) in [5, 5.41) is 15.5. The van der Waals surface area contributed by atoms with Gasteiger partial charge in [0.25, 0.3) is 0 Å². The Morgan fingerprint density at radius 3 is 2.25 bits per heavy atom. The first-order chi connectivity index (χ1) is 9.25. The molecule has 5 nitrogen and oxygen atoms in total. The highest BCUT2D eigenvalue weighted by molar-refractivity contribution is 5.79. The third kappa shape index (κ3) is 5.49. The second kappa shape index (κ2) is 7.07. The van der Waals surface area contributed by atoms with Gasteiger partial charge in [-0.3, -0.25) is 9.59 Å². The van der Waals surface area contributed by atoms with Gasteiger partial charge in [-0.1, -0.05) is 19.3 Å². The fourth-order valence-corrected chi connectivity index (χ4v) is 2.60. The van der Waals surface area contributed by atoms with E-state index >= 15 is 0 Å². The van der Waals surface area contributed by atoms with Crippen LogP contribution in [0.5, 0.6) is 0 Å². The normalized spacial score (nSPS) is 18.6. The Kier molecular flexibility index (Phi) is 5.99. The van der Waals surface area contributed by atoms with Gasteiger partial charge in [0.2, 0.25) is 5.91 Å². The van der Waals surface area contributed by atoms with Crippen LogP contribution in [0.2, 0.25) is 0 Å². The summed E-state index contributed by atoms with van der Waals surface area (Å²) in [6.07, 6.45) is 4.69. The van der Waals surface area contributed by atoms with Crippen LogP contribution in [0.25, 0.3) is 0 Å². The van der Waals surface area contributed by atoms with E-state index in [2.05, 4.69) is 10.6 Å². The van der Waals surface area contributed by atoms with E-state index in [1.165, 1.54) is 0 Å². The molecule has 0 aromatic heterocycles. The smallest absolute Gasteiger partial charge is 0.311 e. The van der Waals surface area contributed by atoms with Crippen LogP contribution in [0.4, 0.5) is 0 Å². The number of hydrogen-bond acceptors (Lipinski definition) is 3.